The Balaban J connectivity index is -0.000000295. The van der Waals surface area contributed by atoms with Crippen molar-refractivity contribution < 1.29 is 125 Å². The maximum Gasteiger partial charge on any atom is 0.330 e. The summed E-state index contributed by atoms with van der Waals surface area (Å²) in [5.41, 5.74) is -0.726. The third-order valence-electron chi connectivity index (χ3n) is 20.3. The van der Waals surface area contributed by atoms with Crippen LogP contribution in [0.25, 0.3) is 0 Å². The first-order valence-electron chi connectivity index (χ1n) is 49.2. The van der Waals surface area contributed by atoms with Crippen molar-refractivity contribution >= 4 is 88.6 Å². The van der Waals surface area contributed by atoms with Gasteiger partial charge in [0.1, 0.15) is 68.1 Å². The number of hydrogen-bond acceptors (Lipinski definition) is 29. The number of nitro groups is 1. The molecule has 0 aromatic carbocycles. The summed E-state index contributed by atoms with van der Waals surface area (Å²) < 4.78 is 36.4. The van der Waals surface area contributed by atoms with Gasteiger partial charge in [-0.05, 0) is 340 Å². The molecule has 0 bridgehead atoms. The topological polar surface area (TPSA) is 499 Å². The van der Waals surface area contributed by atoms with Gasteiger partial charge in [0.2, 0.25) is 5.54 Å². The lowest BCUT2D eigenvalue weighted by Gasteiger charge is -2.30. The number of nitrogens with zero attached hydrogens (tertiary/aromatic N) is 1. The lowest BCUT2D eigenvalue weighted by Crippen LogP contribution is -2.38. The fourth-order valence-electron chi connectivity index (χ4n) is 13.0. The molecule has 9 N–H and O–H groups in total. The summed E-state index contributed by atoms with van der Waals surface area (Å²) >= 11 is 0. The summed E-state index contributed by atoms with van der Waals surface area (Å²) in [6.45, 7) is 57.3. The second kappa shape index (κ2) is 74.0. The molecule has 33 heteroatoms. The maximum atomic E-state index is 12.6. The van der Waals surface area contributed by atoms with Crippen molar-refractivity contribution in [3.63, 3.8) is 0 Å². The van der Waals surface area contributed by atoms with Gasteiger partial charge >= 0.3 is 59.7 Å². The van der Waals surface area contributed by atoms with Gasteiger partial charge in [-0.25, -0.2) is 4.79 Å². The van der Waals surface area contributed by atoms with Crippen LogP contribution in [0.15, 0.2) is 12.7 Å². The number of nitrogens with one attached hydrogen (secondary N) is 4. The molecule has 33 nitrogen and oxygen atoms in total. The molecule has 0 aliphatic rings. The van der Waals surface area contributed by atoms with Gasteiger partial charge in [0, 0.05) is 133 Å². The van der Waals surface area contributed by atoms with E-state index in [2.05, 4.69) is 27.8 Å². The molecule has 0 atom stereocenters. The van der Waals surface area contributed by atoms with Crippen molar-refractivity contribution in [1.29, 1.82) is 0 Å². The van der Waals surface area contributed by atoms with E-state index in [0.717, 1.165) is 109 Å². The highest BCUT2D eigenvalue weighted by Crippen LogP contribution is 2.38. The molecule has 0 fully saturated rings. The third kappa shape index (κ3) is 107. The Morgan fingerprint density at radius 1 is 0.292 bits per heavy atom. The first-order valence-corrected chi connectivity index (χ1v) is 49.2. The normalized spacial score (nSPS) is 11.9. The molecule has 0 radical (unpaired) electrons. The summed E-state index contributed by atoms with van der Waals surface area (Å²) in [5, 5.41) is 49.5. The summed E-state index contributed by atoms with van der Waals surface area (Å²) in [6, 6.07) is 0. The molecule has 0 unspecified atom stereocenters. The highest BCUT2D eigenvalue weighted by Gasteiger charge is 2.40. The van der Waals surface area contributed by atoms with Crippen LogP contribution in [0.5, 0.6) is 0 Å². The molecule has 0 saturated carbocycles. The number of carbonyl (C=O) groups is 15. The monoisotopic (exact) mass is 1960 g/mol. The number of carboxylic acid groups (broad SMARTS) is 3. The van der Waals surface area contributed by atoms with Crippen LogP contribution in [0.2, 0.25) is 0 Å². The van der Waals surface area contributed by atoms with E-state index in [1.54, 1.807) is 55.4 Å². The molecule has 0 rings (SSSR count). The third-order valence-corrected chi connectivity index (χ3v) is 20.3. The number of nitrogens with two attached hydrogens (primary N) is 1. The van der Waals surface area contributed by atoms with Crippen LogP contribution >= 0.6 is 0 Å². The zero-order valence-electron chi connectivity index (χ0n) is 91.4. The van der Waals surface area contributed by atoms with Gasteiger partial charge < -0.3 is 85.1 Å². The van der Waals surface area contributed by atoms with Crippen molar-refractivity contribution in [3.8, 4) is 0 Å². The summed E-state index contributed by atoms with van der Waals surface area (Å²) in [4.78, 5) is 183. The van der Waals surface area contributed by atoms with E-state index in [1.165, 1.54) is 6.92 Å². The van der Waals surface area contributed by atoms with E-state index < -0.39 is 95.9 Å². The van der Waals surface area contributed by atoms with Crippen LogP contribution in [0, 0.1) is 26.4 Å². The number of esters is 7. The van der Waals surface area contributed by atoms with Gasteiger partial charge in [-0.15, -0.1) is 0 Å². The van der Waals surface area contributed by atoms with Gasteiger partial charge in [-0.3, -0.25) is 67.6 Å². The number of carboxylic acids is 3. The number of ketones is 5. The maximum absolute atomic E-state index is 12.6. The van der Waals surface area contributed by atoms with Gasteiger partial charge in [-0.2, -0.15) is 0 Å². The lowest BCUT2D eigenvalue weighted by molar-refractivity contribution is -0.567. The van der Waals surface area contributed by atoms with Crippen LogP contribution < -0.4 is 27.0 Å². The van der Waals surface area contributed by atoms with E-state index in [1.807, 2.05) is 160 Å². The molecule has 802 valence electrons. The van der Waals surface area contributed by atoms with Crippen LogP contribution in [0.3, 0.4) is 0 Å². The molecule has 0 saturated heterocycles. The van der Waals surface area contributed by atoms with Crippen LogP contribution in [-0.4, -0.2) is 214 Å². The predicted octanol–water partition coefficient (Wildman–Crippen LogP) is 19.5. The minimum absolute atomic E-state index is 0.0116. The van der Waals surface area contributed by atoms with Crippen molar-refractivity contribution in [2.45, 2.75) is 495 Å². The van der Waals surface area contributed by atoms with Crippen molar-refractivity contribution in [1.82, 2.24) is 21.3 Å². The van der Waals surface area contributed by atoms with Crippen molar-refractivity contribution in [2.75, 3.05) is 54.4 Å². The molecule has 0 amide bonds. The largest absolute Gasteiger partial charge is 0.481 e. The molecule has 0 spiro atoms. The fourth-order valence-corrected chi connectivity index (χ4v) is 13.0. The number of rotatable bonds is 62. The number of aliphatic carboxylic acids is 3. The first kappa shape index (κ1) is 142. The minimum atomic E-state index is -1.37. The Morgan fingerprint density at radius 3 is 0.672 bits per heavy atom. The van der Waals surface area contributed by atoms with E-state index >= 15 is 0 Å². The molecule has 0 aromatic rings. The Bertz CT molecular complexity index is 3300. The summed E-state index contributed by atoms with van der Waals surface area (Å²) in [7, 11) is 7.64. The van der Waals surface area contributed by atoms with Crippen LogP contribution in [-0.2, 0) is 105 Å². The van der Waals surface area contributed by atoms with Gasteiger partial charge in [0.15, 0.2) is 0 Å². The summed E-state index contributed by atoms with van der Waals surface area (Å²) in [5.74, 6) is -4.09. The molecule has 0 aliphatic heterocycles. The van der Waals surface area contributed by atoms with Gasteiger partial charge in [-0.1, -0.05) is 53.0 Å². The zero-order valence-corrected chi connectivity index (χ0v) is 91.4. The average Bonchev–Trinajstić information content (AvgIpc) is 0.848. The quantitative estimate of drug-likeness (QED) is 0.00700. The number of ether oxygens (including phenoxy) is 7. The van der Waals surface area contributed by atoms with Gasteiger partial charge in [0.05, 0.1) is 12.8 Å². The van der Waals surface area contributed by atoms with Crippen molar-refractivity contribution in [3.05, 3.63) is 22.8 Å². The highest BCUT2D eigenvalue weighted by atomic mass is 16.6. The molecule has 0 heterocycles. The number of hydrogen-bond donors (Lipinski definition) is 8. The molecule has 137 heavy (non-hydrogen) atoms. The first-order chi connectivity index (χ1) is 62.3. The standard InChI is InChI=1S/C24H45NO5.C18H33NO3.C16H29NO6.C16H29NO5.C16H31NO4.C7H15NO2.C7H12O2/c1-22(2,3)29-20(27)13-15-24(7,16-14-21(28)30-23(4,5)6)18-19(26)12-10-9-11-17-25-8;1-15(20)9-11-18(3,12-10-16(2)21)14-17(22)8-6-5-7-13-19-4;1-14(2,3)22-12(18)8-10-16(7,17(20)21)11-9-13(19)23-15(4,5)6;1-16(9-7-14(19)20,10-8-15(21)22)12-13(18)6-4-3-5-11-17-2;1-14(2,3)20-12(18)8-10-16(7,17)11-9-13(19)21-15(4,5)6;1-8-6-4-2-3-5-7(9)10;1-5-6(8)9-7(2,3)4/h25H,9-18H2,1-8H3;19H,5-14H2,1-4H3;8-11H2,1-7H3;17H,3-12H2,1-2H3,(H,19,20)(H,21,22);8-11,17H2,1-7H3;8H,2-6H2,1H3,(H,9,10);5H,1H2,2-4H3. The smallest absolute Gasteiger partial charge is 0.330 e. The molecular weight excluding hydrogens is 1770 g/mol. The van der Waals surface area contributed by atoms with Gasteiger partial charge in [0.25, 0.3) is 0 Å². The van der Waals surface area contributed by atoms with E-state index in [9.17, 15) is 82.0 Å². The zero-order chi connectivity index (χ0) is 108. The van der Waals surface area contributed by atoms with Crippen LogP contribution in [0.4, 0.5) is 0 Å². The van der Waals surface area contributed by atoms with Crippen molar-refractivity contribution in [2.24, 2.45) is 22.0 Å². The van der Waals surface area contributed by atoms with Crippen LogP contribution in [0.1, 0.15) is 444 Å². The Morgan fingerprint density at radius 2 is 0.489 bits per heavy atom. The molecule has 0 aliphatic carbocycles. The number of unbranched alkanes of at least 4 members (excludes halogenated alkanes) is 8. The summed E-state index contributed by atoms with van der Waals surface area (Å²) in [6.07, 6.45) is 21.7. The van der Waals surface area contributed by atoms with E-state index in [4.69, 9.17) is 54.2 Å². The Kier molecular flexibility index (Phi) is 76.7. The highest BCUT2D eigenvalue weighted by molar-refractivity contribution is 5.82. The second-order valence-corrected chi connectivity index (χ2v) is 44.5. The number of Topliss-reactive ketones (excluding diaryl/α,β-unsaturated/α-hetero) is 5. The predicted molar refractivity (Wildman–Crippen MR) is 538 cm³/mol. The lowest BCUT2D eigenvalue weighted by atomic mass is 9.75. The van der Waals surface area contributed by atoms with E-state index in [0.29, 0.717) is 103 Å². The van der Waals surface area contributed by atoms with E-state index in [-0.39, 0.29) is 135 Å². The number of carbonyl (C=O) groups excluding carboxylic acids is 12. The fraction of sp³-hybridized carbons (Fsp3) is 0.837. The Hall–Kier alpha value is -8.01. The molecule has 0 aromatic heterocycles. The SMILES string of the molecule is C=CC(=O)OC(C)(C)C.CC(C)(C)OC(=O)CCC(C)(CCC(=O)OC(C)(C)C)[N+](=O)[O-].CC(N)(CCC(=O)OC(C)(C)C)CCC(=O)OC(C)(C)C.CNCCCCCC(=O)CC(C)(CCC(=O)O)CCC(=O)O.CNCCCCCC(=O)CC(C)(CCC(=O)OC(C)(C)C)CCC(=O)OC(C)(C)C.CNCCCCCC(=O)CC(C)(CCC(C)=O)CCC(C)=O.CNCCCCCC(=O)O. The second-order valence-electron chi connectivity index (χ2n) is 44.5. The average molecular weight is 1960 g/mol. The minimum Gasteiger partial charge on any atom is -0.481 e. The Labute approximate surface area is 824 Å². The molecular formula is C104H194N6O27.